The van der Waals surface area contributed by atoms with Crippen molar-refractivity contribution in [1.82, 2.24) is 0 Å². The van der Waals surface area contributed by atoms with Crippen molar-refractivity contribution >= 4 is 17.3 Å². The monoisotopic (exact) mass is 310 g/mol. The van der Waals surface area contributed by atoms with Crippen molar-refractivity contribution in [1.29, 1.82) is 0 Å². The second kappa shape index (κ2) is 6.73. The molecule has 0 bridgehead atoms. The highest BCUT2D eigenvalue weighted by Crippen LogP contribution is 2.31. The summed E-state index contributed by atoms with van der Waals surface area (Å²) in [5.74, 6) is -0.304. The lowest BCUT2D eigenvalue weighted by Gasteiger charge is -2.26. The predicted octanol–water partition coefficient (Wildman–Crippen LogP) is 3.83. The molecule has 120 valence electrons. The fraction of sp³-hybridized carbons (Fsp3) is 0.316. The molecule has 0 radical (unpaired) electrons. The minimum atomic E-state index is -0.304. The van der Waals surface area contributed by atoms with Crippen LogP contribution in [0.1, 0.15) is 34.8 Å². The summed E-state index contributed by atoms with van der Waals surface area (Å²) in [7, 11) is 1.39. The molecule has 3 rings (SSSR count). The van der Waals surface area contributed by atoms with Crippen molar-refractivity contribution in [2.75, 3.05) is 17.7 Å². The van der Waals surface area contributed by atoms with E-state index in [1.54, 1.807) is 12.1 Å². The maximum Gasteiger partial charge on any atom is 0.337 e. The van der Waals surface area contributed by atoms with Gasteiger partial charge in [0.15, 0.2) is 0 Å². The third-order valence-electron chi connectivity index (χ3n) is 4.26. The summed E-state index contributed by atoms with van der Waals surface area (Å²) in [6.45, 7) is 2.94. The molecular formula is C19H22N2O2. The van der Waals surface area contributed by atoms with E-state index in [9.17, 15) is 4.79 Å². The molecule has 0 amide bonds. The fourth-order valence-corrected chi connectivity index (χ4v) is 2.93. The van der Waals surface area contributed by atoms with Crippen molar-refractivity contribution in [3.8, 4) is 0 Å². The van der Waals surface area contributed by atoms with Gasteiger partial charge >= 0.3 is 5.97 Å². The molecule has 2 N–H and O–H groups in total. The van der Waals surface area contributed by atoms with E-state index >= 15 is 0 Å². The average Bonchev–Trinajstić information content (AvgIpc) is 2.59. The highest BCUT2D eigenvalue weighted by molar-refractivity contribution is 5.89. The topological polar surface area (TPSA) is 50.4 Å². The van der Waals surface area contributed by atoms with Crippen molar-refractivity contribution < 1.29 is 9.53 Å². The largest absolute Gasteiger partial charge is 0.465 e. The van der Waals surface area contributed by atoms with Crippen LogP contribution in [0.2, 0.25) is 0 Å². The molecule has 1 aliphatic heterocycles. The van der Waals surface area contributed by atoms with Gasteiger partial charge in [-0.25, -0.2) is 4.79 Å². The number of anilines is 2. The molecule has 0 aromatic heterocycles. The third kappa shape index (κ3) is 3.47. The van der Waals surface area contributed by atoms with Crippen LogP contribution in [0.25, 0.3) is 0 Å². The Morgan fingerprint density at radius 2 is 2.04 bits per heavy atom. The van der Waals surface area contributed by atoms with Gasteiger partial charge in [-0.1, -0.05) is 18.2 Å². The molecule has 1 aliphatic rings. The zero-order chi connectivity index (χ0) is 16.2. The smallest absolute Gasteiger partial charge is 0.337 e. The van der Waals surface area contributed by atoms with Crippen LogP contribution in [0.3, 0.4) is 0 Å². The van der Waals surface area contributed by atoms with Crippen LogP contribution in [-0.4, -0.2) is 19.1 Å². The molecule has 1 unspecified atom stereocenters. The van der Waals surface area contributed by atoms with Gasteiger partial charge in [0.25, 0.3) is 0 Å². The second-order valence-corrected chi connectivity index (χ2v) is 5.96. The Morgan fingerprint density at radius 3 is 2.78 bits per heavy atom. The van der Waals surface area contributed by atoms with Crippen LogP contribution < -0.4 is 10.6 Å². The summed E-state index contributed by atoms with van der Waals surface area (Å²) in [6.07, 6.45) is 2.24. The van der Waals surface area contributed by atoms with E-state index in [0.29, 0.717) is 11.6 Å². The number of esters is 1. The van der Waals surface area contributed by atoms with Crippen molar-refractivity contribution in [2.24, 2.45) is 0 Å². The van der Waals surface area contributed by atoms with Crippen LogP contribution in [0.5, 0.6) is 0 Å². The number of nitrogens with one attached hydrogen (secondary N) is 2. The highest BCUT2D eigenvalue weighted by Gasteiger charge is 2.16. The highest BCUT2D eigenvalue weighted by atomic mass is 16.5. The van der Waals surface area contributed by atoms with Gasteiger partial charge in [-0.05, 0) is 55.2 Å². The Labute approximate surface area is 136 Å². The number of rotatable bonds is 4. The Hall–Kier alpha value is -2.49. The van der Waals surface area contributed by atoms with E-state index < -0.39 is 0 Å². The zero-order valence-electron chi connectivity index (χ0n) is 13.6. The molecule has 0 saturated carbocycles. The van der Waals surface area contributed by atoms with Gasteiger partial charge in [-0.3, -0.25) is 0 Å². The molecule has 23 heavy (non-hydrogen) atoms. The minimum absolute atomic E-state index is 0.304. The Bertz CT molecular complexity index is 695. The Morgan fingerprint density at radius 1 is 1.26 bits per heavy atom. The van der Waals surface area contributed by atoms with E-state index in [0.717, 1.165) is 24.9 Å². The summed E-state index contributed by atoms with van der Waals surface area (Å²) < 4.78 is 4.71. The lowest BCUT2D eigenvalue weighted by Crippen LogP contribution is -2.22. The Kier molecular flexibility index (Phi) is 4.51. The molecule has 2 aromatic rings. The number of carbonyl (C=O) groups is 1. The summed E-state index contributed by atoms with van der Waals surface area (Å²) >= 11 is 0. The van der Waals surface area contributed by atoms with Crippen molar-refractivity contribution in [2.45, 2.75) is 32.4 Å². The van der Waals surface area contributed by atoms with Crippen LogP contribution in [-0.2, 0) is 17.7 Å². The summed E-state index contributed by atoms with van der Waals surface area (Å²) in [4.78, 5) is 11.4. The standard InChI is InChI=1S/C19H22N2O2/c1-13-6-11-16-17(4-3-5-18(16)21-13)20-12-14-7-9-15(10-8-14)19(22)23-2/h3-5,7-10,13,20-21H,6,11-12H2,1-2H3. The minimum Gasteiger partial charge on any atom is -0.465 e. The van der Waals surface area contributed by atoms with E-state index in [1.807, 2.05) is 12.1 Å². The first-order valence-electron chi connectivity index (χ1n) is 7.97. The number of carbonyl (C=O) groups excluding carboxylic acids is 1. The normalized spacial score (nSPS) is 16.2. The van der Waals surface area contributed by atoms with Crippen molar-refractivity contribution in [3.05, 3.63) is 59.2 Å². The predicted molar refractivity (Wildman–Crippen MR) is 93.0 cm³/mol. The number of hydrogen-bond acceptors (Lipinski definition) is 4. The van der Waals surface area contributed by atoms with Gasteiger partial charge in [0.05, 0.1) is 12.7 Å². The molecule has 0 spiro atoms. The van der Waals surface area contributed by atoms with Crippen LogP contribution in [0.15, 0.2) is 42.5 Å². The molecular weight excluding hydrogens is 288 g/mol. The lowest BCUT2D eigenvalue weighted by atomic mass is 9.97. The number of benzene rings is 2. The van der Waals surface area contributed by atoms with Gasteiger partial charge in [0.1, 0.15) is 0 Å². The molecule has 4 heteroatoms. The molecule has 4 nitrogen and oxygen atoms in total. The van der Waals surface area contributed by atoms with Gasteiger partial charge in [-0.2, -0.15) is 0 Å². The maximum atomic E-state index is 11.4. The summed E-state index contributed by atoms with van der Waals surface area (Å²) in [5, 5.41) is 7.04. The van der Waals surface area contributed by atoms with E-state index in [4.69, 9.17) is 4.74 Å². The summed E-state index contributed by atoms with van der Waals surface area (Å²) in [5.41, 5.74) is 5.48. The van der Waals surface area contributed by atoms with Crippen LogP contribution in [0, 0.1) is 0 Å². The first-order valence-corrected chi connectivity index (χ1v) is 7.97. The molecule has 1 atom stereocenters. The molecule has 2 aromatic carbocycles. The molecule has 0 aliphatic carbocycles. The number of ether oxygens (including phenoxy) is 1. The van der Waals surface area contributed by atoms with Crippen LogP contribution >= 0.6 is 0 Å². The quantitative estimate of drug-likeness (QED) is 0.843. The Balaban J connectivity index is 1.69. The zero-order valence-corrected chi connectivity index (χ0v) is 13.6. The first kappa shape index (κ1) is 15.4. The van der Waals surface area contributed by atoms with Gasteiger partial charge in [-0.15, -0.1) is 0 Å². The summed E-state index contributed by atoms with van der Waals surface area (Å²) in [6, 6.07) is 14.4. The lowest BCUT2D eigenvalue weighted by molar-refractivity contribution is 0.0600. The number of methoxy groups -OCH3 is 1. The maximum absolute atomic E-state index is 11.4. The second-order valence-electron chi connectivity index (χ2n) is 5.96. The molecule has 1 heterocycles. The molecule has 0 saturated heterocycles. The van der Waals surface area contributed by atoms with E-state index in [-0.39, 0.29) is 5.97 Å². The third-order valence-corrected chi connectivity index (χ3v) is 4.26. The first-order chi connectivity index (χ1) is 11.2. The fourth-order valence-electron chi connectivity index (χ4n) is 2.93. The van der Waals surface area contributed by atoms with E-state index in [1.165, 1.54) is 24.0 Å². The van der Waals surface area contributed by atoms with Gasteiger partial charge in [0, 0.05) is 24.0 Å². The van der Waals surface area contributed by atoms with E-state index in [2.05, 4.69) is 35.8 Å². The van der Waals surface area contributed by atoms with Gasteiger partial charge in [0.2, 0.25) is 0 Å². The van der Waals surface area contributed by atoms with Gasteiger partial charge < -0.3 is 15.4 Å². The SMILES string of the molecule is COC(=O)c1ccc(CNc2cccc3c2CCC(C)N3)cc1. The average molecular weight is 310 g/mol. The number of hydrogen-bond donors (Lipinski definition) is 2. The molecule has 0 fully saturated rings. The van der Waals surface area contributed by atoms with Crippen LogP contribution in [0.4, 0.5) is 11.4 Å². The van der Waals surface area contributed by atoms with Crippen molar-refractivity contribution in [3.63, 3.8) is 0 Å². The number of fused-ring (bicyclic) bond motifs is 1.